The molecule has 0 saturated heterocycles. The van der Waals surface area contributed by atoms with Gasteiger partial charge in [0.2, 0.25) is 5.91 Å². The molecule has 0 bridgehead atoms. The second kappa shape index (κ2) is 5.52. The molecule has 7 heteroatoms. The van der Waals surface area contributed by atoms with Crippen molar-refractivity contribution in [2.75, 3.05) is 5.32 Å². The first-order chi connectivity index (χ1) is 9.44. The topological polar surface area (TPSA) is 97.1 Å². The number of carboxylic acids is 1. The zero-order chi connectivity index (χ0) is 14.7. The Morgan fingerprint density at radius 2 is 1.90 bits per heavy atom. The fourth-order valence-corrected chi connectivity index (χ4v) is 1.87. The van der Waals surface area contributed by atoms with E-state index < -0.39 is 5.97 Å². The first-order valence-corrected chi connectivity index (χ1v) is 5.95. The number of hydrogen-bond acceptors (Lipinski definition) is 4. The predicted octanol–water partition coefficient (Wildman–Crippen LogP) is 1.23. The van der Waals surface area contributed by atoms with E-state index in [0.717, 1.165) is 11.1 Å². The number of nitrogens with zero attached hydrogens (tertiary/aromatic N) is 3. The Morgan fingerprint density at radius 1 is 1.25 bits per heavy atom. The van der Waals surface area contributed by atoms with Crippen LogP contribution >= 0.6 is 0 Å². The van der Waals surface area contributed by atoms with Gasteiger partial charge in [-0.05, 0) is 37.1 Å². The molecular weight excluding hydrogens is 260 g/mol. The van der Waals surface area contributed by atoms with Gasteiger partial charge in [0.05, 0.1) is 6.20 Å². The summed E-state index contributed by atoms with van der Waals surface area (Å²) in [6, 6.07) is 5.72. The van der Waals surface area contributed by atoms with Gasteiger partial charge in [-0.1, -0.05) is 11.3 Å². The maximum absolute atomic E-state index is 11.8. The van der Waals surface area contributed by atoms with E-state index in [-0.39, 0.29) is 18.1 Å². The number of anilines is 1. The molecule has 2 N–H and O–H groups in total. The average Bonchev–Trinajstić information content (AvgIpc) is 2.75. The summed E-state index contributed by atoms with van der Waals surface area (Å²) in [4.78, 5) is 22.5. The molecule has 2 rings (SSSR count). The number of aromatic nitrogens is 3. The van der Waals surface area contributed by atoms with E-state index in [2.05, 4.69) is 15.6 Å². The Bertz CT molecular complexity index is 643. The summed E-state index contributed by atoms with van der Waals surface area (Å²) < 4.78 is 1.18. The van der Waals surface area contributed by atoms with Crippen molar-refractivity contribution in [3.8, 4) is 0 Å². The van der Waals surface area contributed by atoms with Gasteiger partial charge in [0.25, 0.3) is 0 Å². The van der Waals surface area contributed by atoms with Crippen molar-refractivity contribution in [1.29, 1.82) is 0 Å². The van der Waals surface area contributed by atoms with Gasteiger partial charge in [-0.3, -0.25) is 4.79 Å². The van der Waals surface area contributed by atoms with Crippen LogP contribution in [0.2, 0.25) is 0 Å². The Morgan fingerprint density at radius 3 is 2.45 bits per heavy atom. The fourth-order valence-electron chi connectivity index (χ4n) is 1.87. The summed E-state index contributed by atoms with van der Waals surface area (Å²) in [5.41, 5.74) is 2.61. The largest absolute Gasteiger partial charge is 0.476 e. The number of hydrogen-bond donors (Lipinski definition) is 2. The molecule has 0 saturated carbocycles. The minimum Gasteiger partial charge on any atom is -0.476 e. The summed E-state index contributed by atoms with van der Waals surface area (Å²) in [5, 5.41) is 18.5. The molecule has 1 amide bonds. The summed E-state index contributed by atoms with van der Waals surface area (Å²) in [7, 11) is 0. The number of carboxylic acid groups (broad SMARTS) is 1. The van der Waals surface area contributed by atoms with Gasteiger partial charge in [0.1, 0.15) is 6.54 Å². The quantitative estimate of drug-likeness (QED) is 0.874. The summed E-state index contributed by atoms with van der Waals surface area (Å²) in [5.74, 6) is -1.47. The van der Waals surface area contributed by atoms with Crippen molar-refractivity contribution in [2.24, 2.45) is 0 Å². The molecule has 0 unspecified atom stereocenters. The third-order valence-corrected chi connectivity index (χ3v) is 2.57. The van der Waals surface area contributed by atoms with Crippen molar-refractivity contribution in [3.63, 3.8) is 0 Å². The van der Waals surface area contributed by atoms with E-state index in [1.54, 1.807) is 0 Å². The first-order valence-electron chi connectivity index (χ1n) is 5.95. The molecule has 1 heterocycles. The van der Waals surface area contributed by atoms with Crippen LogP contribution in [-0.2, 0) is 11.3 Å². The van der Waals surface area contributed by atoms with Crippen LogP contribution in [0.15, 0.2) is 24.4 Å². The lowest BCUT2D eigenvalue weighted by Gasteiger charge is -2.07. The number of aryl methyl sites for hydroxylation is 2. The lowest BCUT2D eigenvalue weighted by molar-refractivity contribution is -0.116. The minimum atomic E-state index is -1.18. The average molecular weight is 274 g/mol. The van der Waals surface area contributed by atoms with Gasteiger partial charge >= 0.3 is 5.97 Å². The zero-order valence-corrected chi connectivity index (χ0v) is 11.1. The van der Waals surface area contributed by atoms with Gasteiger partial charge in [-0.2, -0.15) is 0 Å². The number of carbonyl (C=O) groups is 2. The standard InChI is InChI=1S/C13H14N4O3/c1-8-3-9(2)5-10(4-8)14-12(18)7-17-6-11(13(19)20)15-16-17/h3-6H,7H2,1-2H3,(H,14,18)(H,19,20). The van der Waals surface area contributed by atoms with Crippen LogP contribution < -0.4 is 5.32 Å². The molecule has 0 aliphatic rings. The molecule has 20 heavy (non-hydrogen) atoms. The van der Waals surface area contributed by atoms with Crippen LogP contribution in [0.25, 0.3) is 0 Å². The van der Waals surface area contributed by atoms with Crippen LogP contribution in [0.1, 0.15) is 21.6 Å². The normalized spacial score (nSPS) is 10.3. The van der Waals surface area contributed by atoms with Crippen LogP contribution in [0.3, 0.4) is 0 Å². The summed E-state index contributed by atoms with van der Waals surface area (Å²) in [6.45, 7) is 3.80. The van der Waals surface area contributed by atoms with Gasteiger partial charge in [0.15, 0.2) is 5.69 Å². The molecule has 1 aromatic heterocycles. The van der Waals surface area contributed by atoms with Crippen molar-refractivity contribution >= 4 is 17.6 Å². The van der Waals surface area contributed by atoms with Gasteiger partial charge < -0.3 is 10.4 Å². The van der Waals surface area contributed by atoms with E-state index >= 15 is 0 Å². The molecule has 0 fully saturated rings. The number of carbonyl (C=O) groups excluding carboxylic acids is 1. The van der Waals surface area contributed by atoms with Gasteiger partial charge in [-0.15, -0.1) is 5.10 Å². The fraction of sp³-hybridized carbons (Fsp3) is 0.231. The van der Waals surface area contributed by atoms with E-state index in [0.29, 0.717) is 5.69 Å². The highest BCUT2D eigenvalue weighted by Gasteiger charge is 2.11. The van der Waals surface area contributed by atoms with E-state index in [1.807, 2.05) is 32.0 Å². The van der Waals surface area contributed by atoms with Gasteiger partial charge in [-0.25, -0.2) is 9.48 Å². The molecule has 0 aliphatic carbocycles. The Labute approximate surface area is 115 Å². The molecule has 0 aliphatic heterocycles. The van der Waals surface area contributed by atoms with Crippen molar-refractivity contribution < 1.29 is 14.7 Å². The number of amides is 1. The molecule has 0 radical (unpaired) electrons. The molecule has 0 atom stereocenters. The highest BCUT2D eigenvalue weighted by Crippen LogP contribution is 2.13. The van der Waals surface area contributed by atoms with Gasteiger partial charge in [0, 0.05) is 5.69 Å². The first kappa shape index (κ1) is 13.7. The number of nitrogens with one attached hydrogen (secondary N) is 1. The number of aromatic carboxylic acids is 1. The molecule has 1 aromatic carbocycles. The van der Waals surface area contributed by atoms with Crippen LogP contribution in [-0.4, -0.2) is 32.0 Å². The molecular formula is C13H14N4O3. The van der Waals surface area contributed by atoms with Crippen molar-refractivity contribution in [2.45, 2.75) is 20.4 Å². The number of benzene rings is 1. The van der Waals surface area contributed by atoms with Crippen LogP contribution in [0.5, 0.6) is 0 Å². The van der Waals surface area contributed by atoms with Crippen molar-refractivity contribution in [3.05, 3.63) is 41.2 Å². The smallest absolute Gasteiger partial charge is 0.358 e. The van der Waals surface area contributed by atoms with Crippen LogP contribution in [0, 0.1) is 13.8 Å². The number of rotatable bonds is 4. The summed E-state index contributed by atoms with van der Waals surface area (Å²) in [6.07, 6.45) is 1.21. The lowest BCUT2D eigenvalue weighted by atomic mass is 10.1. The second-order valence-corrected chi connectivity index (χ2v) is 4.53. The van der Waals surface area contributed by atoms with Crippen LogP contribution in [0.4, 0.5) is 5.69 Å². The Kier molecular flexibility index (Phi) is 3.79. The monoisotopic (exact) mass is 274 g/mol. The molecule has 104 valence electrons. The maximum atomic E-state index is 11.8. The van der Waals surface area contributed by atoms with E-state index in [1.165, 1.54) is 10.9 Å². The maximum Gasteiger partial charge on any atom is 0.358 e. The molecule has 2 aromatic rings. The third-order valence-electron chi connectivity index (χ3n) is 2.57. The molecule has 7 nitrogen and oxygen atoms in total. The Balaban J connectivity index is 2.03. The van der Waals surface area contributed by atoms with E-state index in [4.69, 9.17) is 5.11 Å². The lowest BCUT2D eigenvalue weighted by Crippen LogP contribution is -2.19. The summed E-state index contributed by atoms with van der Waals surface area (Å²) >= 11 is 0. The highest BCUT2D eigenvalue weighted by atomic mass is 16.4. The Hall–Kier alpha value is -2.70. The van der Waals surface area contributed by atoms with E-state index in [9.17, 15) is 9.59 Å². The zero-order valence-electron chi connectivity index (χ0n) is 11.1. The predicted molar refractivity (Wildman–Crippen MR) is 71.5 cm³/mol. The third kappa shape index (κ3) is 3.41. The minimum absolute atomic E-state index is 0.0900. The van der Waals surface area contributed by atoms with Crippen molar-refractivity contribution in [1.82, 2.24) is 15.0 Å². The SMILES string of the molecule is Cc1cc(C)cc(NC(=O)Cn2cc(C(=O)O)nn2)c1. The highest BCUT2D eigenvalue weighted by molar-refractivity contribution is 5.91. The second-order valence-electron chi connectivity index (χ2n) is 4.53. The molecule has 0 spiro atoms.